The van der Waals surface area contributed by atoms with E-state index >= 15 is 0 Å². The van der Waals surface area contributed by atoms with Gasteiger partial charge in [0.05, 0.1) is 25.7 Å². The molecule has 2 spiro atoms. The van der Waals surface area contributed by atoms with Gasteiger partial charge >= 0.3 is 5.97 Å². The van der Waals surface area contributed by atoms with Gasteiger partial charge in [0.1, 0.15) is 0 Å². The first-order chi connectivity index (χ1) is 8.67. The summed E-state index contributed by atoms with van der Waals surface area (Å²) < 4.78 is 16.6. The van der Waals surface area contributed by atoms with E-state index in [-0.39, 0.29) is 17.7 Å². The Hall–Kier alpha value is -0.610. The summed E-state index contributed by atoms with van der Waals surface area (Å²) in [6, 6.07) is 0. The monoisotopic (exact) mass is 254 g/mol. The molecule has 1 aliphatic heterocycles. The van der Waals surface area contributed by atoms with Crippen molar-refractivity contribution in [2.24, 2.45) is 11.3 Å². The zero-order chi connectivity index (χ0) is 12.6. The van der Waals surface area contributed by atoms with Crippen molar-refractivity contribution in [3.63, 3.8) is 0 Å². The highest BCUT2D eigenvalue weighted by atomic mass is 16.7. The second kappa shape index (κ2) is 4.49. The molecule has 1 heterocycles. The molecule has 4 nitrogen and oxygen atoms in total. The van der Waals surface area contributed by atoms with Crippen LogP contribution in [0.15, 0.2) is 0 Å². The fourth-order valence-electron chi connectivity index (χ4n) is 3.77. The first-order valence-corrected chi connectivity index (χ1v) is 7.12. The van der Waals surface area contributed by atoms with Gasteiger partial charge in [-0.05, 0) is 38.0 Å². The third kappa shape index (κ3) is 2.05. The summed E-state index contributed by atoms with van der Waals surface area (Å²) in [6.45, 7) is 3.83. The zero-order valence-corrected chi connectivity index (χ0v) is 11.1. The predicted molar refractivity (Wildman–Crippen MR) is 64.9 cm³/mol. The van der Waals surface area contributed by atoms with Gasteiger partial charge < -0.3 is 14.2 Å². The van der Waals surface area contributed by atoms with Crippen LogP contribution in [0.4, 0.5) is 0 Å². The lowest BCUT2D eigenvalue weighted by atomic mass is 9.55. The molecule has 0 amide bonds. The molecule has 0 radical (unpaired) electrons. The van der Waals surface area contributed by atoms with Gasteiger partial charge in [-0.2, -0.15) is 0 Å². The van der Waals surface area contributed by atoms with E-state index in [0.717, 1.165) is 51.7 Å². The summed E-state index contributed by atoms with van der Waals surface area (Å²) in [7, 11) is 0. The lowest BCUT2D eigenvalue weighted by molar-refractivity contribution is -0.205. The van der Waals surface area contributed by atoms with Crippen molar-refractivity contribution in [3.05, 3.63) is 0 Å². The van der Waals surface area contributed by atoms with Crippen LogP contribution in [-0.2, 0) is 19.0 Å². The van der Waals surface area contributed by atoms with Gasteiger partial charge in [-0.1, -0.05) is 0 Å². The van der Waals surface area contributed by atoms with Gasteiger partial charge in [0.25, 0.3) is 0 Å². The van der Waals surface area contributed by atoms with E-state index in [9.17, 15) is 4.79 Å². The number of ether oxygens (including phenoxy) is 3. The topological polar surface area (TPSA) is 44.8 Å². The molecule has 0 atom stereocenters. The third-order valence-electron chi connectivity index (χ3n) is 4.86. The fraction of sp³-hybridized carbons (Fsp3) is 0.929. The molecule has 18 heavy (non-hydrogen) atoms. The largest absolute Gasteiger partial charge is 0.466 e. The molecule has 102 valence electrons. The van der Waals surface area contributed by atoms with E-state index in [2.05, 4.69) is 0 Å². The number of hydrogen-bond donors (Lipinski definition) is 0. The summed E-state index contributed by atoms with van der Waals surface area (Å²) in [4.78, 5) is 11.6. The quantitative estimate of drug-likeness (QED) is 0.709. The Balaban J connectivity index is 1.51. The Morgan fingerprint density at radius 1 is 1.17 bits per heavy atom. The molecule has 4 heteroatoms. The van der Waals surface area contributed by atoms with Crippen LogP contribution in [0.2, 0.25) is 0 Å². The number of carbonyl (C=O) groups excluding carboxylic acids is 1. The van der Waals surface area contributed by atoms with E-state index in [1.165, 1.54) is 0 Å². The first kappa shape index (κ1) is 12.4. The number of esters is 1. The Kier molecular flexibility index (Phi) is 3.10. The maximum Gasteiger partial charge on any atom is 0.308 e. The van der Waals surface area contributed by atoms with Crippen molar-refractivity contribution < 1.29 is 19.0 Å². The Morgan fingerprint density at radius 3 is 2.33 bits per heavy atom. The minimum absolute atomic E-state index is 0.00298. The van der Waals surface area contributed by atoms with Gasteiger partial charge in [0.2, 0.25) is 0 Å². The lowest BCUT2D eigenvalue weighted by Crippen LogP contribution is -2.48. The van der Waals surface area contributed by atoms with Crippen LogP contribution in [0.25, 0.3) is 0 Å². The number of carbonyl (C=O) groups is 1. The van der Waals surface area contributed by atoms with E-state index < -0.39 is 0 Å². The smallest absolute Gasteiger partial charge is 0.308 e. The van der Waals surface area contributed by atoms with Crippen molar-refractivity contribution in [2.75, 3.05) is 19.8 Å². The highest BCUT2D eigenvalue weighted by Crippen LogP contribution is 2.57. The van der Waals surface area contributed by atoms with E-state index in [1.807, 2.05) is 6.92 Å². The van der Waals surface area contributed by atoms with Crippen molar-refractivity contribution in [1.82, 2.24) is 0 Å². The third-order valence-corrected chi connectivity index (χ3v) is 4.86. The Labute approximate surface area is 108 Å². The van der Waals surface area contributed by atoms with Gasteiger partial charge in [-0.15, -0.1) is 0 Å². The molecular weight excluding hydrogens is 232 g/mol. The zero-order valence-electron chi connectivity index (χ0n) is 11.1. The van der Waals surface area contributed by atoms with Crippen molar-refractivity contribution in [3.8, 4) is 0 Å². The fourth-order valence-corrected chi connectivity index (χ4v) is 3.77. The first-order valence-electron chi connectivity index (χ1n) is 7.12. The molecular formula is C14H22O4. The second-order valence-corrected chi connectivity index (χ2v) is 5.96. The van der Waals surface area contributed by atoms with E-state index in [0.29, 0.717) is 12.0 Å². The van der Waals surface area contributed by atoms with Crippen LogP contribution in [0.3, 0.4) is 0 Å². The molecule has 3 aliphatic rings. The maximum atomic E-state index is 11.6. The van der Waals surface area contributed by atoms with Crippen LogP contribution < -0.4 is 0 Å². The highest BCUT2D eigenvalue weighted by molar-refractivity contribution is 5.73. The average Bonchev–Trinajstić information content (AvgIpc) is 2.77. The second-order valence-electron chi connectivity index (χ2n) is 5.96. The van der Waals surface area contributed by atoms with Gasteiger partial charge in [-0.25, -0.2) is 0 Å². The summed E-state index contributed by atoms with van der Waals surface area (Å²) >= 11 is 0. The summed E-state index contributed by atoms with van der Waals surface area (Å²) in [5, 5.41) is 0. The molecule has 2 aliphatic carbocycles. The van der Waals surface area contributed by atoms with Gasteiger partial charge in [-0.3, -0.25) is 4.79 Å². The maximum absolute atomic E-state index is 11.6. The highest BCUT2D eigenvalue weighted by Gasteiger charge is 2.53. The van der Waals surface area contributed by atoms with Gasteiger partial charge in [0, 0.05) is 12.8 Å². The molecule has 0 aromatic carbocycles. The Bertz CT molecular complexity index is 315. The SMILES string of the molecule is CCOC(=O)C1CC2(CCC3(CC2)OCCO3)C1. The predicted octanol–water partition coefficient (Wildman–Crippen LogP) is 2.26. The van der Waals surface area contributed by atoms with Crippen molar-refractivity contribution in [2.45, 2.75) is 51.2 Å². The molecule has 2 saturated carbocycles. The van der Waals surface area contributed by atoms with E-state index in [1.54, 1.807) is 0 Å². The minimum Gasteiger partial charge on any atom is -0.466 e. The summed E-state index contributed by atoms with van der Waals surface area (Å²) in [5.41, 5.74) is 0.373. The van der Waals surface area contributed by atoms with Crippen molar-refractivity contribution in [1.29, 1.82) is 0 Å². The van der Waals surface area contributed by atoms with E-state index in [4.69, 9.17) is 14.2 Å². The molecule has 0 bridgehead atoms. The number of hydrogen-bond acceptors (Lipinski definition) is 4. The molecule has 0 aromatic heterocycles. The summed E-state index contributed by atoms with van der Waals surface area (Å²) in [5.74, 6) is -0.138. The van der Waals surface area contributed by atoms with Crippen LogP contribution in [0, 0.1) is 11.3 Å². The summed E-state index contributed by atoms with van der Waals surface area (Å²) in [6.07, 6.45) is 6.24. The standard InChI is InChI=1S/C14H22O4/c1-2-16-12(15)11-9-13(10-11)3-5-14(6-4-13)17-7-8-18-14/h11H,2-10H2,1H3. The van der Waals surface area contributed by atoms with Crippen LogP contribution in [0.5, 0.6) is 0 Å². The number of rotatable bonds is 2. The normalized spacial score (nSPS) is 29.4. The van der Waals surface area contributed by atoms with Gasteiger partial charge in [0.15, 0.2) is 5.79 Å². The molecule has 0 N–H and O–H groups in total. The average molecular weight is 254 g/mol. The van der Waals surface area contributed by atoms with Crippen molar-refractivity contribution >= 4 is 5.97 Å². The molecule has 0 aromatic rings. The Morgan fingerprint density at radius 2 is 1.78 bits per heavy atom. The molecule has 1 saturated heterocycles. The lowest BCUT2D eigenvalue weighted by Gasteiger charge is -2.52. The van der Waals surface area contributed by atoms with Crippen LogP contribution >= 0.6 is 0 Å². The molecule has 3 rings (SSSR count). The molecule has 3 fully saturated rings. The van der Waals surface area contributed by atoms with Crippen LogP contribution in [-0.4, -0.2) is 31.6 Å². The minimum atomic E-state index is -0.278. The van der Waals surface area contributed by atoms with Crippen LogP contribution in [0.1, 0.15) is 45.4 Å². The molecule has 0 unspecified atom stereocenters.